The monoisotopic (exact) mass is 215 g/mol. The number of rotatable bonds is 4. The summed E-state index contributed by atoms with van der Waals surface area (Å²) >= 11 is 6.00. The van der Waals surface area contributed by atoms with E-state index in [-0.39, 0.29) is 12.6 Å². The lowest BCUT2D eigenvalue weighted by molar-refractivity contribution is 0.275. The van der Waals surface area contributed by atoms with Crippen molar-refractivity contribution in [3.8, 4) is 5.75 Å². The molecule has 0 radical (unpaired) electrons. The van der Waals surface area contributed by atoms with Crippen molar-refractivity contribution in [2.24, 2.45) is 5.73 Å². The third-order valence-electron chi connectivity index (χ3n) is 2.04. The molecule has 1 atom stereocenters. The Kier molecular flexibility index (Phi) is 4.20. The zero-order valence-electron chi connectivity index (χ0n) is 8.03. The van der Waals surface area contributed by atoms with Crippen molar-refractivity contribution in [3.05, 3.63) is 28.8 Å². The smallest absolute Gasteiger partial charge is 0.125 e. The minimum Gasteiger partial charge on any atom is -0.496 e. The molecule has 78 valence electrons. The lowest BCUT2D eigenvalue weighted by Crippen LogP contribution is -2.13. The number of nitrogens with two attached hydrogens (primary N) is 1. The predicted molar refractivity (Wildman–Crippen MR) is 56.6 cm³/mol. The fourth-order valence-electron chi connectivity index (χ4n) is 1.34. The van der Waals surface area contributed by atoms with Gasteiger partial charge in [0.25, 0.3) is 0 Å². The Morgan fingerprint density at radius 2 is 2.29 bits per heavy atom. The Labute approximate surface area is 88.4 Å². The number of benzene rings is 1. The topological polar surface area (TPSA) is 55.5 Å². The summed E-state index contributed by atoms with van der Waals surface area (Å²) in [6, 6.07) is 5.08. The molecule has 4 heteroatoms. The van der Waals surface area contributed by atoms with Crippen LogP contribution in [0.2, 0.25) is 5.02 Å². The average Bonchev–Trinajstić information content (AvgIpc) is 2.17. The molecule has 1 rings (SSSR count). The zero-order valence-corrected chi connectivity index (χ0v) is 8.79. The summed E-state index contributed by atoms with van der Waals surface area (Å²) in [4.78, 5) is 0. The van der Waals surface area contributed by atoms with E-state index in [0.29, 0.717) is 17.2 Å². The molecule has 0 aromatic heterocycles. The van der Waals surface area contributed by atoms with Gasteiger partial charge in [-0.25, -0.2) is 0 Å². The third kappa shape index (κ3) is 2.38. The Hall–Kier alpha value is -0.770. The van der Waals surface area contributed by atoms with Gasteiger partial charge in [0, 0.05) is 23.2 Å². The van der Waals surface area contributed by atoms with E-state index in [1.807, 2.05) is 0 Å². The van der Waals surface area contributed by atoms with Crippen LogP contribution in [-0.4, -0.2) is 18.8 Å². The van der Waals surface area contributed by atoms with Crippen LogP contribution in [0.25, 0.3) is 0 Å². The van der Waals surface area contributed by atoms with Crippen molar-refractivity contribution in [2.45, 2.75) is 12.5 Å². The number of methoxy groups -OCH3 is 1. The first-order valence-electron chi connectivity index (χ1n) is 4.39. The minimum absolute atomic E-state index is 0.0372. The molecule has 1 aromatic rings. The summed E-state index contributed by atoms with van der Waals surface area (Å²) in [5.41, 5.74) is 6.61. The molecule has 0 aliphatic carbocycles. The molecule has 0 amide bonds. The van der Waals surface area contributed by atoms with Crippen LogP contribution in [0.4, 0.5) is 0 Å². The molecule has 14 heavy (non-hydrogen) atoms. The fourth-order valence-corrected chi connectivity index (χ4v) is 1.64. The summed E-state index contributed by atoms with van der Waals surface area (Å²) in [6.45, 7) is 0.0372. The van der Waals surface area contributed by atoms with Gasteiger partial charge >= 0.3 is 0 Å². The maximum absolute atomic E-state index is 8.79. The van der Waals surface area contributed by atoms with Gasteiger partial charge in [0.2, 0.25) is 0 Å². The molecule has 3 N–H and O–H groups in total. The Bertz CT molecular complexity index is 304. The van der Waals surface area contributed by atoms with Crippen LogP contribution in [0.15, 0.2) is 18.2 Å². The van der Waals surface area contributed by atoms with E-state index in [1.54, 1.807) is 25.3 Å². The molecule has 0 bridgehead atoms. The van der Waals surface area contributed by atoms with Crippen molar-refractivity contribution < 1.29 is 9.84 Å². The van der Waals surface area contributed by atoms with Crippen LogP contribution in [0, 0.1) is 0 Å². The molecule has 0 saturated carbocycles. The minimum atomic E-state index is -0.288. The highest BCUT2D eigenvalue weighted by Gasteiger charge is 2.14. The normalized spacial score (nSPS) is 12.6. The van der Waals surface area contributed by atoms with E-state index in [4.69, 9.17) is 27.2 Å². The van der Waals surface area contributed by atoms with Crippen molar-refractivity contribution >= 4 is 11.6 Å². The van der Waals surface area contributed by atoms with Gasteiger partial charge in [-0.1, -0.05) is 17.7 Å². The Balaban J connectivity index is 3.03. The molecular formula is C10H14ClNO2. The zero-order chi connectivity index (χ0) is 10.6. The summed E-state index contributed by atoms with van der Waals surface area (Å²) in [5, 5.41) is 9.36. The van der Waals surface area contributed by atoms with E-state index in [9.17, 15) is 0 Å². The molecule has 0 spiro atoms. The molecule has 0 saturated heterocycles. The highest BCUT2D eigenvalue weighted by Crippen LogP contribution is 2.32. The van der Waals surface area contributed by atoms with E-state index < -0.39 is 0 Å². The highest BCUT2D eigenvalue weighted by molar-refractivity contribution is 6.31. The number of hydrogen-bond donors (Lipinski definition) is 2. The van der Waals surface area contributed by atoms with Gasteiger partial charge in [-0.2, -0.15) is 0 Å². The van der Waals surface area contributed by atoms with Crippen LogP contribution in [0.5, 0.6) is 5.75 Å². The number of hydrogen-bond acceptors (Lipinski definition) is 3. The second-order valence-corrected chi connectivity index (χ2v) is 3.38. The van der Waals surface area contributed by atoms with Crippen LogP contribution in [0.3, 0.4) is 0 Å². The van der Waals surface area contributed by atoms with Crippen molar-refractivity contribution in [3.63, 3.8) is 0 Å². The van der Waals surface area contributed by atoms with Crippen LogP contribution in [-0.2, 0) is 0 Å². The standard InChI is InChI=1S/C10H14ClNO2/c1-14-9-4-2-3-7(11)10(9)8(12)5-6-13/h2-4,8,13H,5-6,12H2,1H3. The van der Waals surface area contributed by atoms with Crippen molar-refractivity contribution in [2.75, 3.05) is 13.7 Å². The number of aliphatic hydroxyl groups excluding tert-OH is 1. The maximum Gasteiger partial charge on any atom is 0.125 e. The first-order valence-corrected chi connectivity index (χ1v) is 4.77. The molecule has 1 aromatic carbocycles. The number of ether oxygens (including phenoxy) is 1. The molecule has 0 fully saturated rings. The van der Waals surface area contributed by atoms with Crippen LogP contribution < -0.4 is 10.5 Å². The molecular weight excluding hydrogens is 202 g/mol. The van der Waals surface area contributed by atoms with Crippen molar-refractivity contribution in [1.82, 2.24) is 0 Å². The molecule has 0 heterocycles. The van der Waals surface area contributed by atoms with Crippen LogP contribution in [0.1, 0.15) is 18.0 Å². The Morgan fingerprint density at radius 3 is 2.86 bits per heavy atom. The molecule has 0 aliphatic heterocycles. The third-order valence-corrected chi connectivity index (χ3v) is 2.37. The number of aliphatic hydroxyl groups is 1. The first kappa shape index (κ1) is 11.3. The van der Waals surface area contributed by atoms with Gasteiger partial charge in [0.1, 0.15) is 5.75 Å². The summed E-state index contributed by atoms with van der Waals surface area (Å²) in [5.74, 6) is 0.665. The van der Waals surface area contributed by atoms with Crippen LogP contribution >= 0.6 is 11.6 Å². The summed E-state index contributed by atoms with van der Waals surface area (Å²) in [6.07, 6.45) is 0.472. The average molecular weight is 216 g/mol. The number of halogens is 1. The van der Waals surface area contributed by atoms with Gasteiger partial charge in [0.05, 0.1) is 7.11 Å². The van der Waals surface area contributed by atoms with E-state index in [1.165, 1.54) is 0 Å². The summed E-state index contributed by atoms with van der Waals surface area (Å²) < 4.78 is 5.15. The van der Waals surface area contributed by atoms with Gasteiger partial charge in [-0.15, -0.1) is 0 Å². The SMILES string of the molecule is COc1cccc(Cl)c1C(N)CCO. The van der Waals surface area contributed by atoms with Gasteiger partial charge in [0.15, 0.2) is 0 Å². The Morgan fingerprint density at radius 1 is 1.57 bits per heavy atom. The quantitative estimate of drug-likeness (QED) is 0.805. The second-order valence-electron chi connectivity index (χ2n) is 2.97. The predicted octanol–water partition coefficient (Wildman–Crippen LogP) is 1.73. The van der Waals surface area contributed by atoms with E-state index >= 15 is 0 Å². The van der Waals surface area contributed by atoms with Gasteiger partial charge in [-0.3, -0.25) is 0 Å². The van der Waals surface area contributed by atoms with E-state index in [0.717, 1.165) is 5.56 Å². The summed E-state index contributed by atoms with van der Waals surface area (Å²) in [7, 11) is 1.57. The largest absolute Gasteiger partial charge is 0.496 e. The second kappa shape index (κ2) is 5.20. The lowest BCUT2D eigenvalue weighted by atomic mass is 10.0. The van der Waals surface area contributed by atoms with Gasteiger partial charge in [-0.05, 0) is 18.6 Å². The lowest BCUT2D eigenvalue weighted by Gasteiger charge is -2.15. The molecule has 1 unspecified atom stereocenters. The van der Waals surface area contributed by atoms with Crippen molar-refractivity contribution in [1.29, 1.82) is 0 Å². The molecule has 3 nitrogen and oxygen atoms in total. The highest BCUT2D eigenvalue weighted by atomic mass is 35.5. The van der Waals surface area contributed by atoms with E-state index in [2.05, 4.69) is 0 Å². The maximum atomic E-state index is 8.79. The first-order chi connectivity index (χ1) is 6.70. The fraction of sp³-hybridized carbons (Fsp3) is 0.400. The molecule has 0 aliphatic rings. The van der Waals surface area contributed by atoms with Gasteiger partial charge < -0.3 is 15.6 Å².